The van der Waals surface area contributed by atoms with E-state index in [0.29, 0.717) is 12.5 Å². The van der Waals surface area contributed by atoms with Crippen LogP contribution in [0.1, 0.15) is 44.1 Å². The van der Waals surface area contributed by atoms with Gasteiger partial charge in [-0.05, 0) is 63.4 Å². The Kier molecular flexibility index (Phi) is 7.30. The molecule has 1 N–H and O–H groups in total. The van der Waals surface area contributed by atoms with Gasteiger partial charge in [-0.1, -0.05) is 34.8 Å². The van der Waals surface area contributed by atoms with Crippen molar-refractivity contribution in [2.45, 2.75) is 45.4 Å². The predicted molar refractivity (Wildman–Crippen MR) is 112 cm³/mol. The molecule has 3 rings (SSSR count). The molecule has 0 saturated carbocycles. The topological polar surface area (TPSA) is 52.7 Å². The highest BCUT2D eigenvalue weighted by Gasteiger charge is 2.29. The molecule has 0 aromatic heterocycles. The largest absolute Gasteiger partial charge is 0.342 e. The lowest BCUT2D eigenvalue weighted by Gasteiger charge is -2.33. The number of rotatable bonds is 4. The monoisotopic (exact) mass is 435 g/mol. The second kappa shape index (κ2) is 9.69. The number of hydrogen-bond acceptors (Lipinski definition) is 3. The summed E-state index contributed by atoms with van der Waals surface area (Å²) in [5.74, 6) is 0.476. The summed E-state index contributed by atoms with van der Waals surface area (Å²) in [5.41, 5.74) is 1.95. The number of anilines is 1. The predicted octanol–water partition coefficient (Wildman–Crippen LogP) is 3.81. The van der Waals surface area contributed by atoms with E-state index in [4.69, 9.17) is 0 Å². The molecule has 27 heavy (non-hydrogen) atoms. The Hall–Kier alpha value is -1.40. The summed E-state index contributed by atoms with van der Waals surface area (Å²) in [6, 6.07) is 5.84. The molecule has 2 aliphatic heterocycles. The molecule has 0 atom stereocenters. The molecule has 1 aromatic rings. The van der Waals surface area contributed by atoms with Crippen LogP contribution < -0.4 is 5.32 Å². The molecule has 0 aliphatic carbocycles. The van der Waals surface area contributed by atoms with Crippen LogP contribution in [0.15, 0.2) is 22.7 Å². The first-order chi connectivity index (χ1) is 13.0. The standard InChI is InChI=1S/C21H30BrN3O2/c1-16-6-7-18(14-19(16)22)23-20(26)15-24-12-8-17(9-13-24)21(27)25-10-4-2-3-5-11-25/h6-7,14,17H,2-5,8-13,15H2,1H3,(H,23,26). The van der Waals surface area contributed by atoms with Crippen molar-refractivity contribution < 1.29 is 9.59 Å². The van der Waals surface area contributed by atoms with Crippen molar-refractivity contribution in [1.29, 1.82) is 0 Å². The third-order valence-corrected chi connectivity index (χ3v) is 6.53. The van der Waals surface area contributed by atoms with E-state index in [1.807, 2.05) is 25.1 Å². The Morgan fingerprint density at radius 2 is 1.74 bits per heavy atom. The van der Waals surface area contributed by atoms with Gasteiger partial charge in [0, 0.05) is 29.2 Å². The van der Waals surface area contributed by atoms with E-state index in [9.17, 15) is 9.59 Å². The minimum absolute atomic E-state index is 0.00282. The smallest absolute Gasteiger partial charge is 0.238 e. The number of hydrogen-bond donors (Lipinski definition) is 1. The maximum Gasteiger partial charge on any atom is 0.238 e. The van der Waals surface area contributed by atoms with Gasteiger partial charge >= 0.3 is 0 Å². The summed E-state index contributed by atoms with van der Waals surface area (Å²) in [6.45, 7) is 5.88. The van der Waals surface area contributed by atoms with Gasteiger partial charge in [-0.3, -0.25) is 14.5 Å². The number of nitrogens with zero attached hydrogens (tertiary/aromatic N) is 2. The van der Waals surface area contributed by atoms with Crippen LogP contribution in [-0.4, -0.2) is 54.3 Å². The molecule has 1 aromatic carbocycles. The van der Waals surface area contributed by atoms with Crippen LogP contribution in [-0.2, 0) is 9.59 Å². The van der Waals surface area contributed by atoms with Crippen molar-refractivity contribution in [1.82, 2.24) is 9.80 Å². The average molecular weight is 436 g/mol. The quantitative estimate of drug-likeness (QED) is 0.781. The van der Waals surface area contributed by atoms with Crippen molar-refractivity contribution in [3.05, 3.63) is 28.2 Å². The Labute approximate surface area is 170 Å². The van der Waals surface area contributed by atoms with Crippen LogP contribution in [0.25, 0.3) is 0 Å². The van der Waals surface area contributed by atoms with Gasteiger partial charge in [0.1, 0.15) is 0 Å². The van der Waals surface area contributed by atoms with Gasteiger partial charge < -0.3 is 10.2 Å². The summed E-state index contributed by atoms with van der Waals surface area (Å²) in [5, 5.41) is 2.96. The van der Waals surface area contributed by atoms with Crippen LogP contribution >= 0.6 is 15.9 Å². The van der Waals surface area contributed by atoms with Gasteiger partial charge in [0.2, 0.25) is 11.8 Å². The van der Waals surface area contributed by atoms with Gasteiger partial charge in [-0.2, -0.15) is 0 Å². The van der Waals surface area contributed by atoms with Crippen LogP contribution in [0, 0.1) is 12.8 Å². The third kappa shape index (κ3) is 5.79. The SMILES string of the molecule is Cc1ccc(NC(=O)CN2CCC(C(=O)N3CCCCCC3)CC2)cc1Br. The highest BCUT2D eigenvalue weighted by molar-refractivity contribution is 9.10. The second-order valence-electron chi connectivity index (χ2n) is 7.80. The maximum absolute atomic E-state index is 12.8. The van der Waals surface area contributed by atoms with Crippen LogP contribution in [0.3, 0.4) is 0 Å². The molecule has 0 unspecified atom stereocenters. The first kappa shape index (κ1) is 20.3. The lowest BCUT2D eigenvalue weighted by Crippen LogP contribution is -2.44. The molecule has 0 spiro atoms. The Balaban J connectivity index is 1.44. The van der Waals surface area contributed by atoms with E-state index in [-0.39, 0.29) is 11.8 Å². The van der Waals surface area contributed by atoms with E-state index in [1.54, 1.807) is 0 Å². The van der Waals surface area contributed by atoms with Crippen LogP contribution in [0.2, 0.25) is 0 Å². The summed E-state index contributed by atoms with van der Waals surface area (Å²) in [6.07, 6.45) is 6.49. The van der Waals surface area contributed by atoms with Crippen molar-refractivity contribution >= 4 is 33.4 Å². The van der Waals surface area contributed by atoms with E-state index in [1.165, 1.54) is 12.8 Å². The zero-order valence-electron chi connectivity index (χ0n) is 16.2. The number of nitrogens with one attached hydrogen (secondary N) is 1. The highest BCUT2D eigenvalue weighted by atomic mass is 79.9. The van der Waals surface area contributed by atoms with Gasteiger partial charge in [0.25, 0.3) is 0 Å². The molecule has 6 heteroatoms. The average Bonchev–Trinajstić information content (AvgIpc) is 2.94. The van der Waals surface area contributed by atoms with Gasteiger partial charge in [0.15, 0.2) is 0 Å². The Bertz CT molecular complexity index is 663. The zero-order chi connectivity index (χ0) is 19.2. The fourth-order valence-electron chi connectivity index (χ4n) is 3.96. The summed E-state index contributed by atoms with van der Waals surface area (Å²) in [7, 11) is 0. The second-order valence-corrected chi connectivity index (χ2v) is 8.66. The fourth-order valence-corrected chi connectivity index (χ4v) is 4.34. The van der Waals surface area contributed by atoms with Crippen molar-refractivity contribution in [2.24, 2.45) is 5.92 Å². The number of aryl methyl sites for hydroxylation is 1. The molecule has 0 bridgehead atoms. The molecule has 0 radical (unpaired) electrons. The molecule has 2 heterocycles. The normalized spacial score (nSPS) is 19.6. The summed E-state index contributed by atoms with van der Waals surface area (Å²) >= 11 is 3.49. The third-order valence-electron chi connectivity index (χ3n) is 5.68. The number of halogens is 1. The number of likely N-dealkylation sites (tertiary alicyclic amines) is 2. The Morgan fingerprint density at radius 1 is 1.07 bits per heavy atom. The van der Waals surface area contributed by atoms with Crippen LogP contribution in [0.5, 0.6) is 0 Å². The highest BCUT2D eigenvalue weighted by Crippen LogP contribution is 2.23. The molecular formula is C21H30BrN3O2. The van der Waals surface area contributed by atoms with E-state index >= 15 is 0 Å². The van der Waals surface area contributed by atoms with Gasteiger partial charge in [0.05, 0.1) is 6.54 Å². The molecule has 2 saturated heterocycles. The van der Waals surface area contributed by atoms with Crippen molar-refractivity contribution in [3.8, 4) is 0 Å². The number of carbonyl (C=O) groups is 2. The zero-order valence-corrected chi connectivity index (χ0v) is 17.8. The first-order valence-electron chi connectivity index (χ1n) is 10.1. The molecule has 5 nitrogen and oxygen atoms in total. The summed E-state index contributed by atoms with van der Waals surface area (Å²) in [4.78, 5) is 29.3. The van der Waals surface area contributed by atoms with Gasteiger partial charge in [-0.15, -0.1) is 0 Å². The van der Waals surface area contributed by atoms with Crippen molar-refractivity contribution in [3.63, 3.8) is 0 Å². The number of carbonyl (C=O) groups excluding carboxylic acids is 2. The molecule has 2 fully saturated rings. The van der Waals surface area contributed by atoms with Gasteiger partial charge in [-0.25, -0.2) is 0 Å². The summed E-state index contributed by atoms with van der Waals surface area (Å²) < 4.78 is 0.994. The Morgan fingerprint density at radius 3 is 2.37 bits per heavy atom. The van der Waals surface area contributed by atoms with Crippen LogP contribution in [0.4, 0.5) is 5.69 Å². The number of amides is 2. The molecule has 148 valence electrons. The van der Waals surface area contributed by atoms with E-state index in [0.717, 1.165) is 67.6 Å². The molecule has 2 amide bonds. The minimum Gasteiger partial charge on any atom is -0.342 e. The maximum atomic E-state index is 12.8. The lowest BCUT2D eigenvalue weighted by molar-refractivity contribution is -0.137. The fraction of sp³-hybridized carbons (Fsp3) is 0.619. The van der Waals surface area contributed by atoms with E-state index in [2.05, 4.69) is 31.0 Å². The number of benzene rings is 1. The lowest BCUT2D eigenvalue weighted by atomic mass is 9.95. The molecule has 2 aliphatic rings. The minimum atomic E-state index is 0.00282. The van der Waals surface area contributed by atoms with E-state index < -0.39 is 0 Å². The first-order valence-corrected chi connectivity index (χ1v) is 10.9. The molecular weight excluding hydrogens is 406 g/mol. The van der Waals surface area contributed by atoms with Crippen molar-refractivity contribution in [2.75, 3.05) is 38.0 Å². The number of piperidine rings is 1.